The quantitative estimate of drug-likeness (QED) is 0.411. The summed E-state index contributed by atoms with van der Waals surface area (Å²) in [7, 11) is 0. The van der Waals surface area contributed by atoms with Crippen LogP contribution < -0.4 is 0 Å². The van der Waals surface area contributed by atoms with E-state index in [0.29, 0.717) is 12.1 Å². The van der Waals surface area contributed by atoms with Crippen LogP contribution in [0.4, 0.5) is 70.2 Å². The lowest BCUT2D eigenvalue weighted by Gasteiger charge is -2.42. The predicted molar refractivity (Wildman–Crippen MR) is 76.5 cm³/mol. The van der Waals surface area contributed by atoms with Crippen LogP contribution in [-0.4, -0.2) is 47.1 Å². The van der Waals surface area contributed by atoms with Crippen LogP contribution in [0.5, 0.6) is 0 Å². The number of aliphatic hydroxyl groups is 1. The Morgan fingerprint density at radius 3 is 1.41 bits per heavy atom. The predicted octanol–water partition coefficient (Wildman–Crippen LogP) is 6.44. The van der Waals surface area contributed by atoms with E-state index in [-0.39, 0.29) is 6.07 Å². The molecule has 1 N–H and O–H groups in total. The second kappa shape index (κ2) is 8.05. The Balaban J connectivity index is 3.75. The molecule has 34 heavy (non-hydrogen) atoms. The molecule has 0 amide bonds. The summed E-state index contributed by atoms with van der Waals surface area (Å²) in [5.41, 5.74) is -8.68. The molecular weight excluding hydrogens is 526 g/mol. The largest absolute Gasteiger partial charge is 0.460 e. The number of hydrogen-bond donors (Lipinski definition) is 1. The van der Waals surface area contributed by atoms with Crippen LogP contribution in [0.2, 0.25) is 0 Å². The zero-order valence-electron chi connectivity index (χ0n) is 15.5. The number of benzene rings is 1. The first-order valence-corrected chi connectivity index (χ1v) is 8.01. The molecule has 1 atom stereocenters. The van der Waals surface area contributed by atoms with Crippen LogP contribution >= 0.6 is 0 Å². The van der Waals surface area contributed by atoms with Crippen molar-refractivity contribution in [3.05, 3.63) is 35.4 Å². The second-order valence-electron chi connectivity index (χ2n) is 6.69. The fourth-order valence-electron chi connectivity index (χ4n) is 2.52. The molecule has 0 aliphatic carbocycles. The SMILES string of the molecule is N#Cc1ccccc1C(O)(CC(F)(F)C(F)(F)C(F)(F)C(F)(F)C(F)(F)C(F)(F)F)C(F)(F)F. The van der Waals surface area contributed by atoms with E-state index >= 15 is 0 Å². The maximum Gasteiger partial charge on any atom is 0.460 e. The van der Waals surface area contributed by atoms with E-state index in [1.54, 1.807) is 0 Å². The molecule has 0 aliphatic rings. The van der Waals surface area contributed by atoms with Crippen LogP contribution in [0.1, 0.15) is 17.5 Å². The Morgan fingerprint density at radius 1 is 0.618 bits per heavy atom. The summed E-state index contributed by atoms with van der Waals surface area (Å²) in [6.45, 7) is 0. The highest BCUT2D eigenvalue weighted by Crippen LogP contribution is 2.62. The molecule has 0 aliphatic heterocycles. The summed E-state index contributed by atoms with van der Waals surface area (Å²) < 4.78 is 211. The molecule has 0 aromatic heterocycles. The van der Waals surface area contributed by atoms with E-state index in [4.69, 9.17) is 5.26 Å². The number of nitrogens with zero attached hydrogens (tertiary/aromatic N) is 1. The van der Waals surface area contributed by atoms with Crippen molar-refractivity contribution in [2.24, 2.45) is 0 Å². The van der Waals surface area contributed by atoms with Crippen molar-refractivity contribution >= 4 is 0 Å². The number of alkyl halides is 16. The Kier molecular flexibility index (Phi) is 7.01. The molecule has 0 heterocycles. The Hall–Kier alpha value is -2.45. The van der Waals surface area contributed by atoms with E-state index < -0.39 is 65.1 Å². The van der Waals surface area contributed by atoms with Gasteiger partial charge >= 0.3 is 42.0 Å². The van der Waals surface area contributed by atoms with Gasteiger partial charge in [0.15, 0.2) is 5.60 Å². The van der Waals surface area contributed by atoms with Gasteiger partial charge in [-0.3, -0.25) is 0 Å². The summed E-state index contributed by atoms with van der Waals surface area (Å²) in [4.78, 5) is 0. The Morgan fingerprint density at radius 2 is 1.03 bits per heavy atom. The summed E-state index contributed by atoms with van der Waals surface area (Å²) in [6, 6.07) is 2.61. The molecular formula is C16H7F16NO. The third-order valence-corrected chi connectivity index (χ3v) is 4.44. The fraction of sp³-hybridized carbons (Fsp3) is 0.562. The number of rotatable bonds is 7. The first-order valence-electron chi connectivity index (χ1n) is 8.01. The van der Waals surface area contributed by atoms with Gasteiger partial charge in [-0.1, -0.05) is 18.2 Å². The van der Waals surface area contributed by atoms with Crippen LogP contribution in [0.15, 0.2) is 24.3 Å². The highest BCUT2D eigenvalue weighted by Gasteiger charge is 2.91. The molecule has 0 bridgehead atoms. The lowest BCUT2D eigenvalue weighted by molar-refractivity contribution is -0.443. The van der Waals surface area contributed by atoms with Crippen molar-refractivity contribution in [1.82, 2.24) is 0 Å². The van der Waals surface area contributed by atoms with Crippen molar-refractivity contribution in [3.63, 3.8) is 0 Å². The summed E-state index contributed by atoms with van der Waals surface area (Å²) in [5, 5.41) is 18.5. The van der Waals surface area contributed by atoms with Gasteiger partial charge < -0.3 is 5.11 Å². The van der Waals surface area contributed by atoms with Crippen molar-refractivity contribution in [2.75, 3.05) is 0 Å². The van der Waals surface area contributed by atoms with Crippen molar-refractivity contribution in [3.8, 4) is 6.07 Å². The van der Waals surface area contributed by atoms with Crippen LogP contribution in [0.3, 0.4) is 0 Å². The first-order chi connectivity index (χ1) is 14.8. The molecule has 1 aromatic rings. The van der Waals surface area contributed by atoms with E-state index in [9.17, 15) is 75.4 Å². The molecule has 0 saturated carbocycles. The molecule has 0 radical (unpaired) electrons. The minimum absolute atomic E-state index is 0.0326. The van der Waals surface area contributed by atoms with E-state index in [2.05, 4.69) is 0 Å². The Labute approximate surface area is 177 Å². The highest BCUT2D eigenvalue weighted by atomic mass is 19.4. The highest BCUT2D eigenvalue weighted by molar-refractivity contribution is 5.42. The number of nitriles is 1. The minimum atomic E-state index is -8.33. The third kappa shape index (κ3) is 4.11. The molecule has 18 heteroatoms. The number of halogens is 16. The fourth-order valence-corrected chi connectivity index (χ4v) is 2.52. The van der Waals surface area contributed by atoms with Crippen molar-refractivity contribution in [1.29, 1.82) is 5.26 Å². The zero-order chi connectivity index (χ0) is 27.4. The lowest BCUT2D eigenvalue weighted by Crippen LogP contribution is -2.70. The lowest BCUT2D eigenvalue weighted by atomic mass is 9.81. The molecule has 194 valence electrons. The van der Waals surface area contributed by atoms with Gasteiger partial charge in [0.05, 0.1) is 18.1 Å². The molecule has 1 unspecified atom stereocenters. The van der Waals surface area contributed by atoms with Gasteiger partial charge in [0, 0.05) is 5.56 Å². The molecule has 1 aromatic carbocycles. The number of hydrogen-bond acceptors (Lipinski definition) is 2. The molecule has 0 spiro atoms. The average molecular weight is 533 g/mol. The summed E-state index contributed by atoms with van der Waals surface area (Å²) >= 11 is 0. The van der Waals surface area contributed by atoms with Crippen LogP contribution in [0.25, 0.3) is 0 Å². The van der Waals surface area contributed by atoms with Crippen LogP contribution in [0, 0.1) is 11.3 Å². The van der Waals surface area contributed by atoms with Gasteiger partial charge in [-0.25, -0.2) is 0 Å². The summed E-state index contributed by atoms with van der Waals surface area (Å²) in [5.74, 6) is -40.0. The monoisotopic (exact) mass is 533 g/mol. The second-order valence-corrected chi connectivity index (χ2v) is 6.69. The van der Waals surface area contributed by atoms with Crippen LogP contribution in [-0.2, 0) is 5.60 Å². The van der Waals surface area contributed by atoms with Gasteiger partial charge in [-0.2, -0.15) is 75.5 Å². The van der Waals surface area contributed by atoms with E-state index in [1.165, 1.54) is 0 Å². The summed E-state index contributed by atoms with van der Waals surface area (Å²) in [6.07, 6.45) is -18.2. The van der Waals surface area contributed by atoms with Gasteiger partial charge in [0.1, 0.15) is 0 Å². The van der Waals surface area contributed by atoms with Crippen molar-refractivity contribution in [2.45, 2.75) is 54.0 Å². The molecule has 0 saturated heterocycles. The van der Waals surface area contributed by atoms with Gasteiger partial charge in [-0.05, 0) is 6.07 Å². The Bertz CT molecular complexity index is 942. The topological polar surface area (TPSA) is 44.0 Å². The van der Waals surface area contributed by atoms with Gasteiger partial charge in [0.25, 0.3) is 0 Å². The average Bonchev–Trinajstić information content (AvgIpc) is 2.65. The van der Waals surface area contributed by atoms with E-state index in [1.807, 2.05) is 0 Å². The molecule has 0 fully saturated rings. The first kappa shape index (κ1) is 29.6. The molecule has 1 rings (SSSR count). The molecule has 2 nitrogen and oxygen atoms in total. The van der Waals surface area contributed by atoms with Gasteiger partial charge in [0.2, 0.25) is 0 Å². The normalized spacial score (nSPS) is 16.7. The maximum atomic E-state index is 14.0. The van der Waals surface area contributed by atoms with Gasteiger partial charge in [-0.15, -0.1) is 0 Å². The maximum absolute atomic E-state index is 14.0. The minimum Gasteiger partial charge on any atom is -0.376 e. The standard InChI is InChI=1S/C16H7F16NO/c17-10(18,6-9(34,15(27,28)29)8-4-2-1-3-7(8)5-33)11(19,20)12(21,22)13(23,24)14(25,26)16(30,31)32/h1-4,34H,6H2. The van der Waals surface area contributed by atoms with E-state index in [0.717, 1.165) is 12.1 Å². The third-order valence-electron chi connectivity index (χ3n) is 4.44. The smallest absolute Gasteiger partial charge is 0.376 e. The zero-order valence-corrected chi connectivity index (χ0v) is 15.5. The van der Waals surface area contributed by atoms with Crippen molar-refractivity contribution < 1.29 is 75.4 Å².